The van der Waals surface area contributed by atoms with Crippen LogP contribution in [0.3, 0.4) is 0 Å². The van der Waals surface area contributed by atoms with Crippen molar-refractivity contribution in [3.8, 4) is 0 Å². The standard InChI is InChI=1S/C13H19N/c1-10-5-4-6-11(9-10)13(7-8-13)12(2,3)14/h4-6,9H,7-8,14H2,1-3H3. The number of hydrogen-bond acceptors (Lipinski definition) is 1. The second kappa shape index (κ2) is 2.83. The third kappa shape index (κ3) is 1.36. The molecule has 1 aliphatic carbocycles. The van der Waals surface area contributed by atoms with Crippen molar-refractivity contribution in [3.05, 3.63) is 35.4 Å². The summed E-state index contributed by atoms with van der Waals surface area (Å²) in [6, 6.07) is 8.77. The fourth-order valence-corrected chi connectivity index (χ4v) is 2.37. The van der Waals surface area contributed by atoms with Crippen LogP contribution in [0.5, 0.6) is 0 Å². The highest BCUT2D eigenvalue weighted by Gasteiger charge is 2.53. The van der Waals surface area contributed by atoms with Gasteiger partial charge >= 0.3 is 0 Å². The summed E-state index contributed by atoms with van der Waals surface area (Å²) in [5, 5.41) is 0. The average molecular weight is 189 g/mol. The van der Waals surface area contributed by atoms with Gasteiger partial charge in [0.25, 0.3) is 0 Å². The predicted molar refractivity (Wildman–Crippen MR) is 60.4 cm³/mol. The monoisotopic (exact) mass is 189 g/mol. The molecule has 2 N–H and O–H groups in total. The molecular formula is C13H19N. The normalized spacial score (nSPS) is 19.4. The molecule has 0 heterocycles. The second-order valence-corrected chi connectivity index (χ2v) is 5.17. The van der Waals surface area contributed by atoms with Crippen molar-refractivity contribution in [2.24, 2.45) is 5.73 Å². The first-order chi connectivity index (χ1) is 6.46. The van der Waals surface area contributed by atoms with Crippen LogP contribution in [0, 0.1) is 6.92 Å². The quantitative estimate of drug-likeness (QED) is 0.760. The third-order valence-electron chi connectivity index (χ3n) is 3.55. The van der Waals surface area contributed by atoms with Crippen molar-refractivity contribution in [2.45, 2.75) is 44.6 Å². The van der Waals surface area contributed by atoms with Crippen LogP contribution in [0.25, 0.3) is 0 Å². The number of benzene rings is 1. The van der Waals surface area contributed by atoms with Crippen LogP contribution < -0.4 is 5.73 Å². The Kier molecular flexibility index (Phi) is 1.97. The predicted octanol–water partition coefficient (Wildman–Crippen LogP) is 2.76. The maximum Gasteiger partial charge on any atom is 0.0195 e. The maximum absolute atomic E-state index is 6.26. The lowest BCUT2D eigenvalue weighted by molar-refractivity contribution is 0.391. The van der Waals surface area contributed by atoms with Crippen LogP contribution in [-0.2, 0) is 5.41 Å². The zero-order valence-corrected chi connectivity index (χ0v) is 9.30. The van der Waals surface area contributed by atoms with Gasteiger partial charge in [-0.2, -0.15) is 0 Å². The van der Waals surface area contributed by atoms with E-state index in [0.29, 0.717) is 0 Å². The van der Waals surface area contributed by atoms with E-state index in [0.717, 1.165) is 0 Å². The molecule has 1 nitrogen and oxygen atoms in total. The summed E-state index contributed by atoms with van der Waals surface area (Å²) in [7, 11) is 0. The Morgan fingerprint density at radius 1 is 1.29 bits per heavy atom. The van der Waals surface area contributed by atoms with E-state index in [4.69, 9.17) is 5.73 Å². The topological polar surface area (TPSA) is 26.0 Å². The van der Waals surface area contributed by atoms with Crippen molar-refractivity contribution in [1.29, 1.82) is 0 Å². The Balaban J connectivity index is 2.41. The molecule has 76 valence electrons. The SMILES string of the molecule is Cc1cccc(C2(C(C)(C)N)CC2)c1. The van der Waals surface area contributed by atoms with Crippen molar-refractivity contribution in [3.63, 3.8) is 0 Å². The number of nitrogens with two attached hydrogens (primary N) is 1. The smallest absolute Gasteiger partial charge is 0.0195 e. The van der Waals surface area contributed by atoms with Gasteiger partial charge in [-0.3, -0.25) is 0 Å². The molecule has 1 aliphatic rings. The lowest BCUT2D eigenvalue weighted by Crippen LogP contribution is -2.45. The van der Waals surface area contributed by atoms with E-state index in [2.05, 4.69) is 45.0 Å². The highest BCUT2D eigenvalue weighted by molar-refractivity contribution is 5.38. The summed E-state index contributed by atoms with van der Waals surface area (Å²) in [6.45, 7) is 6.42. The second-order valence-electron chi connectivity index (χ2n) is 5.17. The lowest BCUT2D eigenvalue weighted by atomic mass is 9.79. The Hall–Kier alpha value is -0.820. The van der Waals surface area contributed by atoms with Crippen LogP contribution in [0.15, 0.2) is 24.3 Å². The summed E-state index contributed by atoms with van der Waals surface area (Å²) in [6.07, 6.45) is 2.47. The van der Waals surface area contributed by atoms with Crippen LogP contribution in [0.2, 0.25) is 0 Å². The Morgan fingerprint density at radius 2 is 1.93 bits per heavy atom. The first-order valence-corrected chi connectivity index (χ1v) is 5.32. The van der Waals surface area contributed by atoms with E-state index in [1.54, 1.807) is 0 Å². The van der Waals surface area contributed by atoms with E-state index in [-0.39, 0.29) is 11.0 Å². The van der Waals surface area contributed by atoms with Crippen molar-refractivity contribution < 1.29 is 0 Å². The zero-order valence-electron chi connectivity index (χ0n) is 9.30. The van der Waals surface area contributed by atoms with Crippen LogP contribution in [0.4, 0.5) is 0 Å². The van der Waals surface area contributed by atoms with Gasteiger partial charge in [0.15, 0.2) is 0 Å². The molecule has 2 rings (SSSR count). The van der Waals surface area contributed by atoms with Gasteiger partial charge in [0, 0.05) is 11.0 Å². The van der Waals surface area contributed by atoms with Crippen molar-refractivity contribution in [1.82, 2.24) is 0 Å². The fourth-order valence-electron chi connectivity index (χ4n) is 2.37. The van der Waals surface area contributed by atoms with E-state index < -0.39 is 0 Å². The molecule has 1 fully saturated rings. The summed E-state index contributed by atoms with van der Waals surface area (Å²) >= 11 is 0. The minimum atomic E-state index is -0.0964. The van der Waals surface area contributed by atoms with Gasteiger partial charge in [-0.1, -0.05) is 29.8 Å². The Bertz CT molecular complexity index is 342. The Morgan fingerprint density at radius 3 is 2.36 bits per heavy atom. The minimum absolute atomic E-state index is 0.0964. The molecule has 0 spiro atoms. The first kappa shape index (κ1) is 9.72. The highest BCUT2D eigenvalue weighted by atomic mass is 14.8. The molecule has 0 aliphatic heterocycles. The molecule has 14 heavy (non-hydrogen) atoms. The molecule has 1 aromatic rings. The number of aryl methyl sites for hydroxylation is 1. The van der Waals surface area contributed by atoms with E-state index in [1.165, 1.54) is 24.0 Å². The van der Waals surface area contributed by atoms with Gasteiger partial charge < -0.3 is 5.73 Å². The lowest BCUT2D eigenvalue weighted by Gasteiger charge is -2.31. The molecule has 0 atom stereocenters. The highest BCUT2D eigenvalue weighted by Crippen LogP contribution is 2.54. The van der Waals surface area contributed by atoms with Gasteiger partial charge in [0.2, 0.25) is 0 Å². The molecule has 0 unspecified atom stereocenters. The molecule has 0 aromatic heterocycles. The zero-order chi connectivity index (χ0) is 10.4. The van der Waals surface area contributed by atoms with Crippen LogP contribution in [0.1, 0.15) is 37.8 Å². The van der Waals surface area contributed by atoms with Gasteiger partial charge in [0.1, 0.15) is 0 Å². The van der Waals surface area contributed by atoms with E-state index in [1.807, 2.05) is 0 Å². The molecule has 0 saturated heterocycles. The van der Waals surface area contributed by atoms with Crippen molar-refractivity contribution >= 4 is 0 Å². The summed E-state index contributed by atoms with van der Waals surface area (Å²) in [5.41, 5.74) is 9.16. The molecule has 0 amide bonds. The minimum Gasteiger partial charge on any atom is -0.325 e. The number of hydrogen-bond donors (Lipinski definition) is 1. The molecular weight excluding hydrogens is 170 g/mol. The fraction of sp³-hybridized carbons (Fsp3) is 0.538. The molecule has 1 saturated carbocycles. The summed E-state index contributed by atoms with van der Waals surface area (Å²) < 4.78 is 0. The number of rotatable bonds is 2. The molecule has 0 radical (unpaired) electrons. The summed E-state index contributed by atoms with van der Waals surface area (Å²) in [4.78, 5) is 0. The van der Waals surface area contributed by atoms with Crippen LogP contribution in [-0.4, -0.2) is 5.54 Å². The summed E-state index contributed by atoms with van der Waals surface area (Å²) in [5.74, 6) is 0. The largest absolute Gasteiger partial charge is 0.325 e. The van der Waals surface area contributed by atoms with Gasteiger partial charge in [-0.25, -0.2) is 0 Å². The molecule has 1 heteroatoms. The third-order valence-corrected chi connectivity index (χ3v) is 3.55. The first-order valence-electron chi connectivity index (χ1n) is 5.32. The van der Waals surface area contributed by atoms with Crippen molar-refractivity contribution in [2.75, 3.05) is 0 Å². The Labute approximate surface area is 86.3 Å². The van der Waals surface area contributed by atoms with E-state index >= 15 is 0 Å². The van der Waals surface area contributed by atoms with E-state index in [9.17, 15) is 0 Å². The van der Waals surface area contributed by atoms with Gasteiger partial charge in [0.05, 0.1) is 0 Å². The molecule has 0 bridgehead atoms. The molecule has 1 aromatic carbocycles. The average Bonchev–Trinajstić information content (AvgIpc) is 2.82. The van der Waals surface area contributed by atoms with Crippen LogP contribution >= 0.6 is 0 Å². The maximum atomic E-state index is 6.26. The van der Waals surface area contributed by atoms with Gasteiger partial charge in [-0.05, 0) is 39.2 Å². The van der Waals surface area contributed by atoms with Gasteiger partial charge in [-0.15, -0.1) is 0 Å².